The van der Waals surface area contributed by atoms with Crippen LogP contribution >= 0.6 is 0 Å². The Morgan fingerprint density at radius 3 is 2.96 bits per heavy atom. The molecule has 1 aliphatic heterocycles. The van der Waals surface area contributed by atoms with Gasteiger partial charge in [-0.2, -0.15) is 0 Å². The molecule has 4 heteroatoms. The van der Waals surface area contributed by atoms with Gasteiger partial charge >= 0.3 is 5.97 Å². The third kappa shape index (κ3) is 2.13. The lowest BCUT2D eigenvalue weighted by Gasteiger charge is -2.51. The van der Waals surface area contributed by atoms with E-state index in [9.17, 15) is 4.79 Å². The summed E-state index contributed by atoms with van der Waals surface area (Å²) in [4.78, 5) is 18.7. The molecule has 1 aromatic carbocycles. The molecule has 0 saturated carbocycles. The molecule has 0 spiro atoms. The highest BCUT2D eigenvalue weighted by Crippen LogP contribution is 2.47. The van der Waals surface area contributed by atoms with E-state index in [1.54, 1.807) is 12.3 Å². The second-order valence-electron chi connectivity index (χ2n) is 6.99. The highest BCUT2D eigenvalue weighted by Gasteiger charge is 2.43. The first kappa shape index (κ1) is 14.9. The maximum atomic E-state index is 12.0. The predicted octanol–water partition coefficient (Wildman–Crippen LogP) is 3.94. The Balaban J connectivity index is 1.76. The van der Waals surface area contributed by atoms with E-state index in [0.717, 1.165) is 23.1 Å². The summed E-state index contributed by atoms with van der Waals surface area (Å²) in [6, 6.07) is 7.78. The minimum atomic E-state index is -0.331. The lowest BCUT2D eigenvalue weighted by Crippen LogP contribution is -2.51. The van der Waals surface area contributed by atoms with Crippen molar-refractivity contribution in [3.05, 3.63) is 60.0 Å². The number of esters is 1. The lowest BCUT2D eigenvalue weighted by molar-refractivity contribution is 0.0603. The van der Waals surface area contributed by atoms with Gasteiger partial charge in [0, 0.05) is 35.4 Å². The van der Waals surface area contributed by atoms with Crippen molar-refractivity contribution in [2.24, 2.45) is 11.3 Å². The van der Waals surface area contributed by atoms with E-state index in [2.05, 4.69) is 48.0 Å². The normalized spacial score (nSPS) is 21.0. The first-order chi connectivity index (χ1) is 11.5. The summed E-state index contributed by atoms with van der Waals surface area (Å²) in [5, 5.41) is 0.830. The van der Waals surface area contributed by atoms with Gasteiger partial charge < -0.3 is 9.64 Å². The topological polar surface area (TPSA) is 42.4 Å². The fourth-order valence-electron chi connectivity index (χ4n) is 3.64. The van der Waals surface area contributed by atoms with Crippen molar-refractivity contribution < 1.29 is 9.53 Å². The molecule has 0 N–H and O–H groups in total. The Kier molecular flexibility index (Phi) is 3.23. The third-order valence-electron chi connectivity index (χ3n) is 5.17. The van der Waals surface area contributed by atoms with E-state index in [4.69, 9.17) is 4.74 Å². The highest BCUT2D eigenvalue weighted by atomic mass is 16.5. The van der Waals surface area contributed by atoms with Crippen LogP contribution in [0.1, 0.15) is 24.2 Å². The second kappa shape index (κ2) is 5.20. The SMILES string of the molecule is COC(=O)c1ccnc2ccc(N3CC4C3=CC=CC4(C)C)cc12. The molecule has 1 atom stereocenters. The van der Waals surface area contributed by atoms with Gasteiger partial charge in [0.1, 0.15) is 0 Å². The van der Waals surface area contributed by atoms with Crippen LogP contribution in [0.5, 0.6) is 0 Å². The van der Waals surface area contributed by atoms with Crippen LogP contribution in [0.2, 0.25) is 0 Å². The molecule has 2 aliphatic rings. The molecule has 1 saturated heterocycles. The van der Waals surface area contributed by atoms with Gasteiger partial charge in [-0.05, 0) is 35.8 Å². The molecule has 4 nitrogen and oxygen atoms in total. The number of allylic oxidation sites excluding steroid dienone is 3. The summed E-state index contributed by atoms with van der Waals surface area (Å²) in [5.41, 5.74) is 3.98. The molecule has 1 fully saturated rings. The number of hydrogen-bond acceptors (Lipinski definition) is 4. The second-order valence-corrected chi connectivity index (χ2v) is 6.99. The number of benzene rings is 1. The van der Waals surface area contributed by atoms with Crippen molar-refractivity contribution in [3.8, 4) is 0 Å². The Labute approximate surface area is 141 Å². The zero-order chi connectivity index (χ0) is 16.9. The number of nitrogens with zero attached hydrogens (tertiary/aromatic N) is 2. The fraction of sp³-hybridized carbons (Fsp3) is 0.300. The molecule has 1 unspecified atom stereocenters. The van der Waals surface area contributed by atoms with Crippen LogP contribution in [0.15, 0.2) is 54.4 Å². The number of ether oxygens (including phenoxy) is 1. The lowest BCUT2D eigenvalue weighted by atomic mass is 9.69. The van der Waals surface area contributed by atoms with Crippen LogP contribution in [-0.4, -0.2) is 24.6 Å². The molecule has 0 bridgehead atoms. The van der Waals surface area contributed by atoms with E-state index < -0.39 is 0 Å². The van der Waals surface area contributed by atoms with Gasteiger partial charge in [-0.1, -0.05) is 26.0 Å². The van der Waals surface area contributed by atoms with Gasteiger partial charge in [0.25, 0.3) is 0 Å². The smallest absolute Gasteiger partial charge is 0.338 e. The minimum Gasteiger partial charge on any atom is -0.465 e. The first-order valence-electron chi connectivity index (χ1n) is 8.15. The molecular weight excluding hydrogens is 300 g/mol. The number of aromatic nitrogens is 1. The zero-order valence-corrected chi connectivity index (χ0v) is 14.1. The van der Waals surface area contributed by atoms with Crippen molar-refractivity contribution in [1.29, 1.82) is 0 Å². The molecule has 122 valence electrons. The Morgan fingerprint density at radius 2 is 2.17 bits per heavy atom. The largest absolute Gasteiger partial charge is 0.465 e. The number of pyridine rings is 1. The molecular formula is C20H20N2O2. The monoisotopic (exact) mass is 320 g/mol. The van der Waals surface area contributed by atoms with Gasteiger partial charge in [-0.25, -0.2) is 4.79 Å². The van der Waals surface area contributed by atoms with Gasteiger partial charge in [0.15, 0.2) is 0 Å². The summed E-state index contributed by atoms with van der Waals surface area (Å²) in [5.74, 6) is 0.217. The van der Waals surface area contributed by atoms with Crippen molar-refractivity contribution in [2.75, 3.05) is 18.6 Å². The molecule has 2 heterocycles. The van der Waals surface area contributed by atoms with Crippen molar-refractivity contribution in [2.45, 2.75) is 13.8 Å². The zero-order valence-electron chi connectivity index (χ0n) is 14.1. The quantitative estimate of drug-likeness (QED) is 0.786. The standard InChI is InChI=1S/C20H20N2O2/c1-20(2)9-4-5-18-16(20)12-22(18)13-6-7-17-15(11-13)14(8-10-21-17)19(23)24-3/h4-11,16H,12H2,1-3H3. The van der Waals surface area contributed by atoms with Crippen molar-refractivity contribution in [1.82, 2.24) is 4.98 Å². The van der Waals surface area contributed by atoms with E-state index in [0.29, 0.717) is 11.5 Å². The summed E-state index contributed by atoms with van der Waals surface area (Å²) in [6.45, 7) is 5.54. The van der Waals surface area contributed by atoms with Crippen LogP contribution in [0.4, 0.5) is 5.69 Å². The Morgan fingerprint density at radius 1 is 1.33 bits per heavy atom. The van der Waals surface area contributed by atoms with Crippen LogP contribution in [0, 0.1) is 11.3 Å². The molecule has 4 rings (SSSR count). The van der Waals surface area contributed by atoms with E-state index in [1.807, 2.05) is 12.1 Å². The number of carbonyl (C=O) groups is 1. The van der Waals surface area contributed by atoms with Crippen LogP contribution in [0.25, 0.3) is 10.9 Å². The average Bonchev–Trinajstić information content (AvgIpc) is 2.55. The maximum Gasteiger partial charge on any atom is 0.338 e. The van der Waals surface area contributed by atoms with Crippen LogP contribution < -0.4 is 4.90 Å². The van der Waals surface area contributed by atoms with Gasteiger partial charge in [-0.15, -0.1) is 0 Å². The summed E-state index contributed by atoms with van der Waals surface area (Å²) in [6.07, 6.45) is 8.25. The predicted molar refractivity (Wildman–Crippen MR) is 94.9 cm³/mol. The van der Waals surface area contributed by atoms with Crippen molar-refractivity contribution in [3.63, 3.8) is 0 Å². The van der Waals surface area contributed by atoms with Gasteiger partial charge in [-0.3, -0.25) is 4.98 Å². The Bertz CT molecular complexity index is 896. The number of fused-ring (bicyclic) bond motifs is 2. The number of carbonyl (C=O) groups excluding carboxylic acids is 1. The number of hydrogen-bond donors (Lipinski definition) is 0. The van der Waals surface area contributed by atoms with Gasteiger partial charge in [0.2, 0.25) is 0 Å². The molecule has 0 radical (unpaired) electrons. The third-order valence-corrected chi connectivity index (χ3v) is 5.17. The number of rotatable bonds is 2. The van der Waals surface area contributed by atoms with E-state index >= 15 is 0 Å². The number of anilines is 1. The molecule has 0 amide bonds. The summed E-state index contributed by atoms with van der Waals surface area (Å²) in [7, 11) is 1.40. The van der Waals surface area contributed by atoms with Gasteiger partial charge in [0.05, 0.1) is 18.2 Å². The maximum absolute atomic E-state index is 12.0. The molecule has 2 aromatic rings. The molecule has 24 heavy (non-hydrogen) atoms. The number of methoxy groups -OCH3 is 1. The highest BCUT2D eigenvalue weighted by molar-refractivity contribution is 6.04. The molecule has 1 aromatic heterocycles. The summed E-state index contributed by atoms with van der Waals surface area (Å²) < 4.78 is 4.90. The average molecular weight is 320 g/mol. The molecule has 1 aliphatic carbocycles. The Hall–Kier alpha value is -2.62. The van der Waals surface area contributed by atoms with Crippen LogP contribution in [0.3, 0.4) is 0 Å². The van der Waals surface area contributed by atoms with E-state index in [-0.39, 0.29) is 11.4 Å². The fourth-order valence-corrected chi connectivity index (χ4v) is 3.64. The van der Waals surface area contributed by atoms with Crippen LogP contribution in [-0.2, 0) is 4.74 Å². The summed E-state index contributed by atoms with van der Waals surface area (Å²) >= 11 is 0. The first-order valence-corrected chi connectivity index (χ1v) is 8.15. The minimum absolute atomic E-state index is 0.191. The van der Waals surface area contributed by atoms with Crippen molar-refractivity contribution >= 4 is 22.6 Å². The van der Waals surface area contributed by atoms with E-state index in [1.165, 1.54) is 12.8 Å².